The predicted octanol–water partition coefficient (Wildman–Crippen LogP) is 9.52. The van der Waals surface area contributed by atoms with Crippen LogP contribution in [-0.2, 0) is 52.3 Å². The number of benzene rings is 5. The summed E-state index contributed by atoms with van der Waals surface area (Å²) in [7, 11) is 2.50. The second kappa shape index (κ2) is 20.3. The third-order valence-electron chi connectivity index (χ3n) is 15.2. The minimum atomic E-state index is -1.02. The number of fused-ring (bicyclic) bond motifs is 2. The Morgan fingerprint density at radius 2 is 0.931 bits per heavy atom. The molecule has 14 heteroatoms. The Hall–Kier alpha value is -7.48. The highest BCUT2D eigenvalue weighted by molar-refractivity contribution is 6.01. The molecule has 6 amide bonds. The summed E-state index contributed by atoms with van der Waals surface area (Å²) in [6.07, 6.45) is 4.39. The van der Waals surface area contributed by atoms with Crippen molar-refractivity contribution in [3.05, 3.63) is 143 Å². The minimum Gasteiger partial charge on any atom is -0.453 e. The first-order chi connectivity index (χ1) is 34.6. The Morgan fingerprint density at radius 3 is 1.31 bits per heavy atom. The van der Waals surface area contributed by atoms with Crippen LogP contribution in [0.2, 0.25) is 0 Å². The maximum absolute atomic E-state index is 14.2. The van der Waals surface area contributed by atoms with Gasteiger partial charge >= 0.3 is 12.2 Å². The van der Waals surface area contributed by atoms with Crippen molar-refractivity contribution in [2.45, 2.75) is 114 Å². The van der Waals surface area contributed by atoms with Crippen molar-refractivity contribution in [1.82, 2.24) is 20.4 Å². The van der Waals surface area contributed by atoms with Gasteiger partial charge < -0.3 is 40.5 Å². The molecule has 374 valence electrons. The summed E-state index contributed by atoms with van der Waals surface area (Å²) in [4.78, 5) is 84.7. The van der Waals surface area contributed by atoms with Crippen molar-refractivity contribution in [1.29, 1.82) is 0 Å². The number of amides is 6. The molecule has 2 heterocycles. The molecule has 9 rings (SSSR count). The summed E-state index contributed by atoms with van der Waals surface area (Å²) in [6.45, 7) is 9.98. The Kier molecular flexibility index (Phi) is 14.0. The molecule has 0 spiro atoms. The quantitative estimate of drug-likeness (QED) is 0.0956. The van der Waals surface area contributed by atoms with E-state index in [1.54, 1.807) is 58.3 Å². The molecule has 4 N–H and O–H groups in total. The van der Waals surface area contributed by atoms with E-state index in [4.69, 9.17) is 9.47 Å². The lowest BCUT2D eigenvalue weighted by Crippen LogP contribution is -2.48. The second-order valence-electron chi connectivity index (χ2n) is 20.7. The number of nitrogens with one attached hydrogen (secondary N) is 4. The second-order valence-corrected chi connectivity index (χ2v) is 20.7. The highest BCUT2D eigenvalue weighted by atomic mass is 16.5. The van der Waals surface area contributed by atoms with E-state index in [0.717, 1.165) is 36.8 Å². The lowest BCUT2D eigenvalue weighted by atomic mass is 9.73. The molecule has 4 aliphatic rings. The van der Waals surface area contributed by atoms with Crippen molar-refractivity contribution in [3.63, 3.8) is 0 Å². The van der Waals surface area contributed by atoms with E-state index in [0.29, 0.717) is 61.3 Å². The number of hydrogen-bond donors (Lipinski definition) is 4. The third-order valence-corrected chi connectivity index (χ3v) is 15.2. The Bertz CT molecular complexity index is 2720. The Labute approximate surface area is 421 Å². The van der Waals surface area contributed by atoms with E-state index in [9.17, 15) is 28.8 Å². The average molecular weight is 973 g/mol. The van der Waals surface area contributed by atoms with Crippen LogP contribution in [0.3, 0.4) is 0 Å². The van der Waals surface area contributed by atoms with Crippen LogP contribution < -0.4 is 21.3 Å². The zero-order valence-electron chi connectivity index (χ0n) is 41.9. The fourth-order valence-electron chi connectivity index (χ4n) is 11.7. The number of hydrogen-bond acceptors (Lipinski definition) is 8. The lowest BCUT2D eigenvalue weighted by molar-refractivity contribution is -0.138. The molecule has 0 radical (unpaired) electrons. The van der Waals surface area contributed by atoms with Gasteiger partial charge in [-0.2, -0.15) is 0 Å². The third kappa shape index (κ3) is 9.66. The van der Waals surface area contributed by atoms with Crippen LogP contribution in [-0.4, -0.2) is 85.0 Å². The van der Waals surface area contributed by atoms with Gasteiger partial charge in [0.2, 0.25) is 11.8 Å². The van der Waals surface area contributed by atoms with Crippen LogP contribution in [0.4, 0.5) is 21.0 Å². The van der Waals surface area contributed by atoms with Crippen LogP contribution in [0.5, 0.6) is 0 Å². The average Bonchev–Trinajstić information content (AvgIpc) is 4.21. The number of nitrogens with zero attached hydrogens (tertiary/aromatic N) is 2. The fraction of sp³-hybridized carbons (Fsp3) is 0.379. The van der Waals surface area contributed by atoms with Gasteiger partial charge in [-0.25, -0.2) is 9.59 Å². The molecule has 2 aliphatic heterocycles. The van der Waals surface area contributed by atoms with Gasteiger partial charge in [0.1, 0.15) is 24.2 Å². The maximum Gasteiger partial charge on any atom is 0.407 e. The monoisotopic (exact) mass is 972 g/mol. The summed E-state index contributed by atoms with van der Waals surface area (Å²) < 4.78 is 9.72. The van der Waals surface area contributed by atoms with Crippen molar-refractivity contribution >= 4 is 47.2 Å². The number of likely N-dealkylation sites (tertiary alicyclic amines) is 2. The molecule has 5 aromatic rings. The topological polar surface area (TPSA) is 175 Å². The molecule has 2 saturated heterocycles. The lowest BCUT2D eigenvalue weighted by Gasteiger charge is -2.31. The van der Waals surface area contributed by atoms with E-state index in [2.05, 4.69) is 73.2 Å². The largest absolute Gasteiger partial charge is 0.453 e. The molecule has 2 fully saturated rings. The van der Waals surface area contributed by atoms with Crippen LogP contribution in [0.15, 0.2) is 109 Å². The number of rotatable bonds is 12. The van der Waals surface area contributed by atoms with Crippen LogP contribution in [0.25, 0.3) is 22.3 Å². The zero-order valence-corrected chi connectivity index (χ0v) is 41.9. The first-order valence-corrected chi connectivity index (χ1v) is 25.0. The van der Waals surface area contributed by atoms with Crippen molar-refractivity contribution < 1.29 is 38.2 Å². The molecule has 4 atom stereocenters. The van der Waals surface area contributed by atoms with E-state index in [-0.39, 0.29) is 34.5 Å². The fourth-order valence-corrected chi connectivity index (χ4v) is 11.7. The maximum atomic E-state index is 14.2. The molecule has 0 aromatic heterocycles. The first-order valence-electron chi connectivity index (χ1n) is 25.0. The Morgan fingerprint density at radius 1 is 0.542 bits per heavy atom. The molecule has 72 heavy (non-hydrogen) atoms. The van der Waals surface area contributed by atoms with Crippen molar-refractivity contribution in [2.24, 2.45) is 0 Å². The molecular formula is C58H64N6O8. The van der Waals surface area contributed by atoms with Crippen LogP contribution in [0.1, 0.15) is 112 Å². The van der Waals surface area contributed by atoms with Gasteiger partial charge in [0.15, 0.2) is 0 Å². The smallest absolute Gasteiger partial charge is 0.407 e. The molecule has 0 unspecified atom stereocenters. The van der Waals surface area contributed by atoms with Gasteiger partial charge in [0.25, 0.3) is 11.8 Å². The highest BCUT2D eigenvalue weighted by Crippen LogP contribution is 2.56. The zero-order chi connectivity index (χ0) is 50.9. The summed E-state index contributed by atoms with van der Waals surface area (Å²) >= 11 is 0. The van der Waals surface area contributed by atoms with Crippen molar-refractivity contribution in [3.8, 4) is 22.3 Å². The minimum absolute atomic E-state index is 0.177. The Balaban J connectivity index is 1.00. The van der Waals surface area contributed by atoms with E-state index in [1.165, 1.54) is 47.6 Å². The van der Waals surface area contributed by atoms with Crippen molar-refractivity contribution in [2.75, 3.05) is 37.9 Å². The number of carbonyl (C=O) groups is 6. The van der Waals surface area contributed by atoms with Gasteiger partial charge in [-0.3, -0.25) is 19.2 Å². The highest BCUT2D eigenvalue weighted by Gasteiger charge is 2.44. The van der Waals surface area contributed by atoms with Gasteiger partial charge in [0, 0.05) is 24.5 Å². The van der Waals surface area contributed by atoms with Gasteiger partial charge in [-0.05, 0) is 142 Å². The van der Waals surface area contributed by atoms with Crippen LogP contribution >= 0.6 is 0 Å². The molecule has 0 saturated carbocycles. The molecule has 2 aliphatic carbocycles. The van der Waals surface area contributed by atoms with E-state index < -0.39 is 36.4 Å². The summed E-state index contributed by atoms with van der Waals surface area (Å²) in [6, 6.07) is 30.5. The van der Waals surface area contributed by atoms with E-state index in [1.807, 2.05) is 36.4 Å². The summed E-state index contributed by atoms with van der Waals surface area (Å²) in [5, 5.41) is 11.7. The molecule has 5 aromatic carbocycles. The molecule has 14 nitrogen and oxygen atoms in total. The first kappa shape index (κ1) is 49.5. The SMILES string of the molecule is COC(=O)N[C@@H](C(=O)N1CCC[C@H]1C(=O)Nc1cccc(-c2c3c(c(-c4cccc(NC(=O)[C@@H]5CCCN5C(=O)[C@H](NC(=O)OC)c5ccccc5)c4)c4c2C(C)(C)CC4)C(C)(C)CC3)c1)c1ccccc1. The normalized spacial score (nSPS) is 19.1. The number of anilines is 2. The van der Waals surface area contributed by atoms with E-state index >= 15 is 0 Å². The molecule has 0 bridgehead atoms. The number of alkyl carbamates (subject to hydrolysis) is 2. The number of ether oxygens (including phenoxy) is 2. The predicted molar refractivity (Wildman–Crippen MR) is 276 cm³/mol. The number of methoxy groups -OCH3 is 2. The van der Waals surface area contributed by atoms with Gasteiger partial charge in [0.05, 0.1) is 14.2 Å². The molecular weight excluding hydrogens is 909 g/mol. The van der Waals surface area contributed by atoms with Gasteiger partial charge in [-0.15, -0.1) is 0 Å². The van der Waals surface area contributed by atoms with Crippen LogP contribution in [0, 0.1) is 0 Å². The summed E-state index contributed by atoms with van der Waals surface area (Å²) in [5.41, 5.74) is 11.7. The number of carbonyl (C=O) groups excluding carboxylic acids is 6. The van der Waals surface area contributed by atoms with Gasteiger partial charge in [-0.1, -0.05) is 113 Å². The standard InChI is InChI=1S/C58H64N6O8/c1-57(2)29-27-41-46(38-22-14-24-40(34-38)60-52(66)44-26-16-32-64(44)54(68)50(62-56(70)72-6)36-19-11-8-12-20-36)48-42(28-30-58(48,3)4)45(47(41)57)37-21-13-23-39(33-37)59-51(65)43-25-15-31-63(43)53(67)49(61-55(69)71-5)35-17-9-7-10-18-35/h7-14,17-24,33-34,43-44,49-50H,15-16,25-32H2,1-6H3,(H,59,65)(H,60,66)(H,61,69)(H,62,70)/t43-,44-,49+,50+/m0/s1. The summed E-state index contributed by atoms with van der Waals surface area (Å²) in [5.74, 6) is -1.33.